The monoisotopic (exact) mass is 384 g/mol. The van der Waals surface area contributed by atoms with Gasteiger partial charge in [-0.2, -0.15) is 0 Å². The molecule has 6 nitrogen and oxygen atoms in total. The second kappa shape index (κ2) is 10.7. The van der Waals surface area contributed by atoms with Gasteiger partial charge >= 0.3 is 17.9 Å². The Hall–Kier alpha value is -1.59. The van der Waals surface area contributed by atoms with E-state index in [-0.39, 0.29) is 44.0 Å². The third-order valence-electron chi connectivity index (χ3n) is 4.58. The number of carbonyl (C=O) groups is 3. The van der Waals surface area contributed by atoms with Gasteiger partial charge in [0.05, 0.1) is 25.7 Å². The summed E-state index contributed by atoms with van der Waals surface area (Å²) in [5.41, 5.74) is -1.60. The highest BCUT2D eigenvalue weighted by Crippen LogP contribution is 2.44. The molecule has 1 unspecified atom stereocenters. The molecule has 0 saturated heterocycles. The third kappa shape index (κ3) is 6.51. The minimum Gasteiger partial charge on any atom is -0.465 e. The van der Waals surface area contributed by atoms with Crippen LogP contribution in [0.2, 0.25) is 0 Å². The minimum atomic E-state index is -1.60. The van der Waals surface area contributed by atoms with Crippen LogP contribution in [0.5, 0.6) is 0 Å². The Bertz CT molecular complexity index is 485. The molecule has 0 amide bonds. The maximum absolute atomic E-state index is 13.0. The van der Waals surface area contributed by atoms with Crippen LogP contribution in [0, 0.1) is 29.1 Å². The molecule has 0 radical (unpaired) electrons. The Morgan fingerprint density at radius 2 is 1.22 bits per heavy atom. The van der Waals surface area contributed by atoms with Crippen LogP contribution in [0.4, 0.5) is 0 Å². The van der Waals surface area contributed by atoms with Gasteiger partial charge in [-0.3, -0.25) is 14.4 Å². The first-order valence-corrected chi connectivity index (χ1v) is 10.1. The van der Waals surface area contributed by atoms with Gasteiger partial charge in [0.15, 0.2) is 5.41 Å². The molecule has 0 aromatic carbocycles. The first-order valence-electron chi connectivity index (χ1n) is 10.1. The summed E-state index contributed by atoms with van der Waals surface area (Å²) in [6.07, 6.45) is 2.10. The summed E-state index contributed by atoms with van der Waals surface area (Å²) in [5.74, 6) is -2.24. The normalized spacial score (nSPS) is 19.2. The summed E-state index contributed by atoms with van der Waals surface area (Å²) in [6.45, 7) is 12.2. The highest BCUT2D eigenvalue weighted by atomic mass is 16.6. The van der Waals surface area contributed by atoms with Crippen molar-refractivity contribution in [2.75, 3.05) is 19.8 Å². The van der Waals surface area contributed by atoms with Crippen molar-refractivity contribution in [1.82, 2.24) is 0 Å². The third-order valence-corrected chi connectivity index (χ3v) is 4.58. The second-order valence-electron chi connectivity index (χ2n) is 8.78. The number of rotatable bonds is 9. The van der Waals surface area contributed by atoms with Crippen LogP contribution in [-0.4, -0.2) is 37.7 Å². The molecule has 1 fully saturated rings. The van der Waals surface area contributed by atoms with E-state index in [1.807, 2.05) is 41.5 Å². The summed E-state index contributed by atoms with van der Waals surface area (Å²) < 4.78 is 16.3. The van der Waals surface area contributed by atoms with E-state index in [1.54, 1.807) is 0 Å². The van der Waals surface area contributed by atoms with E-state index in [0.29, 0.717) is 12.8 Å². The van der Waals surface area contributed by atoms with Crippen molar-refractivity contribution in [3.05, 3.63) is 0 Å². The summed E-state index contributed by atoms with van der Waals surface area (Å²) in [6, 6.07) is 0. The van der Waals surface area contributed by atoms with Gasteiger partial charge in [-0.25, -0.2) is 0 Å². The van der Waals surface area contributed by atoms with Gasteiger partial charge in [0.25, 0.3) is 0 Å². The van der Waals surface area contributed by atoms with Crippen molar-refractivity contribution >= 4 is 17.9 Å². The first kappa shape index (κ1) is 23.4. The van der Waals surface area contributed by atoms with Crippen molar-refractivity contribution in [2.24, 2.45) is 29.1 Å². The van der Waals surface area contributed by atoms with Crippen molar-refractivity contribution < 1.29 is 28.6 Å². The molecule has 0 N–H and O–H groups in total. The van der Waals surface area contributed by atoms with E-state index in [0.717, 1.165) is 6.42 Å². The standard InChI is InChI=1S/C21H36O6/c1-14(2)11-25-18(22)17-9-7-8-10-21(17,19(23)26-12-15(3)4)20(24)27-13-16(5)6/h14-17H,7-13H2,1-6H3. The molecule has 0 heterocycles. The zero-order valence-electron chi connectivity index (χ0n) is 17.7. The van der Waals surface area contributed by atoms with Crippen molar-refractivity contribution in [3.8, 4) is 0 Å². The molecule has 0 aliphatic heterocycles. The predicted molar refractivity (Wildman–Crippen MR) is 102 cm³/mol. The number of hydrogen-bond donors (Lipinski definition) is 0. The Kier molecular flexibility index (Phi) is 9.27. The Balaban J connectivity index is 3.14. The number of esters is 3. The molecular weight excluding hydrogens is 348 g/mol. The summed E-state index contributed by atoms with van der Waals surface area (Å²) >= 11 is 0. The van der Waals surface area contributed by atoms with Gasteiger partial charge in [0.1, 0.15) is 0 Å². The fraction of sp³-hybridized carbons (Fsp3) is 0.857. The Labute approximate surface area is 163 Å². The zero-order chi connectivity index (χ0) is 20.6. The first-order chi connectivity index (χ1) is 12.6. The predicted octanol–water partition coefficient (Wildman–Crippen LogP) is 3.76. The van der Waals surface area contributed by atoms with Gasteiger partial charge in [0.2, 0.25) is 0 Å². The summed E-state index contributed by atoms with van der Waals surface area (Å²) in [5, 5.41) is 0. The molecular formula is C21H36O6. The number of hydrogen-bond acceptors (Lipinski definition) is 6. The van der Waals surface area contributed by atoms with Crippen LogP contribution in [0.1, 0.15) is 67.2 Å². The highest BCUT2D eigenvalue weighted by molar-refractivity contribution is 6.04. The molecule has 6 heteroatoms. The van der Waals surface area contributed by atoms with Crippen LogP contribution in [0.15, 0.2) is 0 Å². The lowest BCUT2D eigenvalue weighted by molar-refractivity contribution is -0.188. The maximum Gasteiger partial charge on any atom is 0.324 e. The fourth-order valence-electron chi connectivity index (χ4n) is 3.16. The van der Waals surface area contributed by atoms with E-state index in [2.05, 4.69) is 0 Å². The van der Waals surface area contributed by atoms with Crippen LogP contribution in [0.25, 0.3) is 0 Å². The lowest BCUT2D eigenvalue weighted by Crippen LogP contribution is -2.53. The number of carbonyl (C=O) groups excluding carboxylic acids is 3. The van der Waals surface area contributed by atoms with Crippen molar-refractivity contribution in [1.29, 1.82) is 0 Å². The Morgan fingerprint density at radius 1 is 0.778 bits per heavy atom. The van der Waals surface area contributed by atoms with Gasteiger partial charge in [-0.1, -0.05) is 54.4 Å². The molecule has 0 aromatic rings. The molecule has 1 aliphatic carbocycles. The highest BCUT2D eigenvalue weighted by Gasteiger charge is 2.59. The minimum absolute atomic E-state index is 0.132. The SMILES string of the molecule is CC(C)COC(=O)C1CCCCC1(C(=O)OCC(C)C)C(=O)OCC(C)C. The molecule has 1 saturated carbocycles. The molecule has 27 heavy (non-hydrogen) atoms. The van der Waals surface area contributed by atoms with Crippen molar-refractivity contribution in [3.63, 3.8) is 0 Å². The van der Waals surface area contributed by atoms with Gasteiger partial charge < -0.3 is 14.2 Å². The van der Waals surface area contributed by atoms with E-state index in [1.165, 1.54) is 0 Å². The van der Waals surface area contributed by atoms with Crippen LogP contribution in [-0.2, 0) is 28.6 Å². The van der Waals surface area contributed by atoms with Crippen LogP contribution < -0.4 is 0 Å². The maximum atomic E-state index is 13.0. The lowest BCUT2D eigenvalue weighted by atomic mass is 9.66. The molecule has 1 rings (SSSR count). The quantitative estimate of drug-likeness (QED) is 0.342. The average Bonchev–Trinajstić information content (AvgIpc) is 2.61. The molecule has 0 bridgehead atoms. The smallest absolute Gasteiger partial charge is 0.324 e. The van der Waals surface area contributed by atoms with Gasteiger partial charge in [0, 0.05) is 0 Å². The van der Waals surface area contributed by atoms with Gasteiger partial charge in [-0.15, -0.1) is 0 Å². The van der Waals surface area contributed by atoms with E-state index < -0.39 is 29.2 Å². The molecule has 1 atom stereocenters. The molecule has 0 aromatic heterocycles. The average molecular weight is 385 g/mol. The molecule has 1 aliphatic rings. The topological polar surface area (TPSA) is 78.9 Å². The lowest BCUT2D eigenvalue weighted by Gasteiger charge is -2.38. The second-order valence-corrected chi connectivity index (χ2v) is 8.78. The van der Waals surface area contributed by atoms with E-state index in [4.69, 9.17) is 14.2 Å². The van der Waals surface area contributed by atoms with Crippen LogP contribution >= 0.6 is 0 Å². The van der Waals surface area contributed by atoms with E-state index in [9.17, 15) is 14.4 Å². The Morgan fingerprint density at radius 3 is 1.67 bits per heavy atom. The zero-order valence-corrected chi connectivity index (χ0v) is 17.7. The molecule has 0 spiro atoms. The summed E-state index contributed by atoms with van der Waals surface area (Å²) in [7, 11) is 0. The number of ether oxygens (including phenoxy) is 3. The summed E-state index contributed by atoms with van der Waals surface area (Å²) in [4.78, 5) is 38.8. The van der Waals surface area contributed by atoms with E-state index >= 15 is 0 Å². The van der Waals surface area contributed by atoms with Crippen LogP contribution in [0.3, 0.4) is 0 Å². The largest absolute Gasteiger partial charge is 0.465 e. The van der Waals surface area contributed by atoms with Crippen molar-refractivity contribution in [2.45, 2.75) is 67.2 Å². The molecule has 156 valence electrons. The van der Waals surface area contributed by atoms with Gasteiger partial charge in [-0.05, 0) is 30.6 Å². The fourth-order valence-corrected chi connectivity index (χ4v) is 3.16.